The molecule has 204 valence electrons. The molecule has 0 radical (unpaired) electrons. The maximum atomic E-state index is 12.7. The first-order valence-electron chi connectivity index (χ1n) is 14.1. The second-order valence-corrected chi connectivity index (χ2v) is 12.5. The van der Waals surface area contributed by atoms with Crippen molar-refractivity contribution in [2.24, 2.45) is 5.41 Å². The normalized spacial score (nSPS) is 16.4. The number of aromatic nitrogens is 2. The Morgan fingerprint density at radius 3 is 2.22 bits per heavy atom. The summed E-state index contributed by atoms with van der Waals surface area (Å²) >= 11 is 0. The molecule has 0 aliphatic carbocycles. The van der Waals surface area contributed by atoms with Crippen LogP contribution in [0.1, 0.15) is 136 Å². The zero-order valence-electron chi connectivity index (χ0n) is 23.9. The Bertz CT molecular complexity index is 826. The molecule has 1 unspecified atom stereocenters. The summed E-state index contributed by atoms with van der Waals surface area (Å²) in [6.45, 7) is 14.4. The summed E-state index contributed by atoms with van der Waals surface area (Å²) in [6, 6.07) is -0.140. The van der Waals surface area contributed by atoms with Gasteiger partial charge >= 0.3 is 6.09 Å². The number of likely N-dealkylation sites (tertiary alicyclic amines) is 1. The zero-order valence-corrected chi connectivity index (χ0v) is 23.9. The van der Waals surface area contributed by atoms with Gasteiger partial charge in [-0.2, -0.15) is 0 Å². The SMILES string of the molecule is C#Cc1cn(COCCCCCCCCCCCC(C)(C)C)c(C2CCCN2C(=O)OC(C)(C)C)n1. The van der Waals surface area contributed by atoms with Gasteiger partial charge in [-0.15, -0.1) is 6.42 Å². The number of ether oxygens (including phenoxy) is 2. The van der Waals surface area contributed by atoms with E-state index >= 15 is 0 Å². The van der Waals surface area contributed by atoms with Crippen molar-refractivity contribution in [3.8, 4) is 12.3 Å². The third kappa shape index (κ3) is 11.4. The summed E-state index contributed by atoms with van der Waals surface area (Å²) in [5.74, 6) is 3.41. The zero-order chi connectivity index (χ0) is 26.6. The molecule has 2 rings (SSSR count). The highest BCUT2D eigenvalue weighted by Crippen LogP contribution is 2.33. The average molecular weight is 502 g/mol. The monoisotopic (exact) mass is 501 g/mol. The molecule has 0 N–H and O–H groups in total. The number of rotatable bonds is 14. The molecule has 1 fully saturated rings. The molecular weight excluding hydrogens is 450 g/mol. The molecule has 1 aromatic heterocycles. The lowest BCUT2D eigenvalue weighted by molar-refractivity contribution is 0.0201. The molecular formula is C30H51N3O3. The smallest absolute Gasteiger partial charge is 0.410 e. The molecule has 2 heterocycles. The number of nitrogens with zero attached hydrogens (tertiary/aromatic N) is 3. The second-order valence-electron chi connectivity index (χ2n) is 12.5. The lowest BCUT2D eigenvalue weighted by Gasteiger charge is -2.28. The van der Waals surface area contributed by atoms with Crippen molar-refractivity contribution in [3.63, 3.8) is 0 Å². The van der Waals surface area contributed by atoms with E-state index in [2.05, 4.69) is 31.7 Å². The van der Waals surface area contributed by atoms with Gasteiger partial charge in [-0.1, -0.05) is 72.1 Å². The number of hydrogen-bond acceptors (Lipinski definition) is 4. The van der Waals surface area contributed by atoms with Crippen LogP contribution in [0.4, 0.5) is 4.79 Å². The van der Waals surface area contributed by atoms with Crippen LogP contribution in [-0.2, 0) is 16.2 Å². The summed E-state index contributed by atoms with van der Waals surface area (Å²) in [5, 5.41) is 0. The number of terminal acetylenes is 1. The van der Waals surface area contributed by atoms with E-state index in [1.807, 2.05) is 31.5 Å². The van der Waals surface area contributed by atoms with E-state index in [1.54, 1.807) is 4.90 Å². The van der Waals surface area contributed by atoms with Crippen molar-refractivity contribution in [2.45, 2.75) is 137 Å². The van der Waals surface area contributed by atoms with Crippen LogP contribution in [0.15, 0.2) is 6.20 Å². The fourth-order valence-corrected chi connectivity index (χ4v) is 4.70. The third-order valence-corrected chi connectivity index (χ3v) is 6.58. The number of imidazole rings is 1. The Hall–Kier alpha value is -2.00. The topological polar surface area (TPSA) is 56.6 Å². The highest BCUT2D eigenvalue weighted by atomic mass is 16.6. The summed E-state index contributed by atoms with van der Waals surface area (Å²) in [4.78, 5) is 19.1. The van der Waals surface area contributed by atoms with E-state index in [0.29, 0.717) is 24.4 Å². The first-order chi connectivity index (χ1) is 17.0. The van der Waals surface area contributed by atoms with Gasteiger partial charge in [-0.25, -0.2) is 9.78 Å². The minimum absolute atomic E-state index is 0.140. The third-order valence-electron chi connectivity index (χ3n) is 6.58. The van der Waals surface area contributed by atoms with Gasteiger partial charge in [0.15, 0.2) is 0 Å². The molecule has 6 nitrogen and oxygen atoms in total. The Morgan fingerprint density at radius 1 is 1.03 bits per heavy atom. The van der Waals surface area contributed by atoms with Gasteiger partial charge in [0.1, 0.15) is 23.9 Å². The number of carbonyl (C=O) groups is 1. The van der Waals surface area contributed by atoms with Crippen molar-refractivity contribution in [1.29, 1.82) is 0 Å². The van der Waals surface area contributed by atoms with Crippen LogP contribution in [0, 0.1) is 17.8 Å². The van der Waals surface area contributed by atoms with Gasteiger partial charge in [-0.05, 0) is 57.8 Å². The number of unbranched alkanes of at least 4 members (excludes halogenated alkanes) is 8. The van der Waals surface area contributed by atoms with E-state index in [4.69, 9.17) is 15.9 Å². The molecule has 1 saturated heterocycles. The Labute approximate surface area is 220 Å². The van der Waals surface area contributed by atoms with Crippen LogP contribution in [-0.4, -0.2) is 39.3 Å². The molecule has 0 aromatic carbocycles. The van der Waals surface area contributed by atoms with Crippen molar-refractivity contribution < 1.29 is 14.3 Å². The Morgan fingerprint density at radius 2 is 1.64 bits per heavy atom. The van der Waals surface area contributed by atoms with Crippen LogP contribution in [0.2, 0.25) is 0 Å². The molecule has 1 aromatic rings. The quantitative estimate of drug-likeness (QED) is 0.192. The predicted octanol–water partition coefficient (Wildman–Crippen LogP) is 7.86. The van der Waals surface area contributed by atoms with E-state index in [9.17, 15) is 4.79 Å². The van der Waals surface area contributed by atoms with Gasteiger partial charge < -0.3 is 14.0 Å². The molecule has 36 heavy (non-hydrogen) atoms. The average Bonchev–Trinajstić information content (AvgIpc) is 3.41. The maximum Gasteiger partial charge on any atom is 0.410 e. The standard InChI is InChI=1S/C30H51N3O3/c1-8-25-23-32(27(31-25)26-19-18-21-33(26)28(34)36-30(5,6)7)24-35-22-17-15-13-11-9-10-12-14-16-20-29(2,3)4/h1,23,26H,9-22,24H2,2-7H3. The molecule has 1 atom stereocenters. The Balaban J connectivity index is 1.67. The minimum atomic E-state index is -0.529. The highest BCUT2D eigenvalue weighted by molar-refractivity contribution is 5.69. The predicted molar refractivity (Wildman–Crippen MR) is 147 cm³/mol. The molecule has 1 aliphatic heterocycles. The summed E-state index contributed by atoms with van der Waals surface area (Å²) in [5.41, 5.74) is 0.518. The second kappa shape index (κ2) is 14.7. The highest BCUT2D eigenvalue weighted by Gasteiger charge is 2.36. The van der Waals surface area contributed by atoms with Crippen LogP contribution in [0.25, 0.3) is 0 Å². The van der Waals surface area contributed by atoms with Crippen molar-refractivity contribution >= 4 is 6.09 Å². The molecule has 1 amide bonds. The van der Waals surface area contributed by atoms with Gasteiger partial charge in [0.25, 0.3) is 0 Å². The molecule has 0 spiro atoms. The minimum Gasteiger partial charge on any atom is -0.444 e. The first-order valence-corrected chi connectivity index (χ1v) is 14.1. The number of amides is 1. The van der Waals surface area contributed by atoms with E-state index in [0.717, 1.165) is 31.7 Å². The largest absolute Gasteiger partial charge is 0.444 e. The summed E-state index contributed by atoms with van der Waals surface area (Å²) < 4.78 is 13.5. The van der Waals surface area contributed by atoms with Crippen LogP contribution in [0.5, 0.6) is 0 Å². The first kappa shape index (κ1) is 30.2. The molecule has 0 bridgehead atoms. The van der Waals surface area contributed by atoms with Crippen LogP contribution in [0.3, 0.4) is 0 Å². The van der Waals surface area contributed by atoms with Gasteiger partial charge in [0.2, 0.25) is 0 Å². The molecule has 1 aliphatic rings. The molecule has 6 heteroatoms. The maximum absolute atomic E-state index is 12.7. The fraction of sp³-hybridized carbons (Fsp3) is 0.800. The molecule has 0 saturated carbocycles. The number of carbonyl (C=O) groups excluding carboxylic acids is 1. The van der Waals surface area contributed by atoms with E-state index in [-0.39, 0.29) is 12.1 Å². The van der Waals surface area contributed by atoms with Gasteiger partial charge in [-0.3, -0.25) is 4.90 Å². The van der Waals surface area contributed by atoms with Crippen molar-refractivity contribution in [2.75, 3.05) is 13.2 Å². The van der Waals surface area contributed by atoms with Crippen molar-refractivity contribution in [1.82, 2.24) is 14.5 Å². The van der Waals surface area contributed by atoms with Crippen LogP contribution >= 0.6 is 0 Å². The fourth-order valence-electron chi connectivity index (χ4n) is 4.70. The van der Waals surface area contributed by atoms with E-state index < -0.39 is 5.60 Å². The summed E-state index contributed by atoms with van der Waals surface area (Å²) in [7, 11) is 0. The summed E-state index contributed by atoms with van der Waals surface area (Å²) in [6.07, 6.45) is 21.9. The lowest BCUT2D eigenvalue weighted by atomic mass is 9.89. The Kier molecular flexibility index (Phi) is 12.3. The lowest BCUT2D eigenvalue weighted by Crippen LogP contribution is -2.37. The van der Waals surface area contributed by atoms with Crippen molar-refractivity contribution in [3.05, 3.63) is 17.7 Å². The van der Waals surface area contributed by atoms with Gasteiger partial charge in [0, 0.05) is 19.3 Å². The number of hydrogen-bond donors (Lipinski definition) is 0. The van der Waals surface area contributed by atoms with Crippen LogP contribution < -0.4 is 0 Å². The van der Waals surface area contributed by atoms with Gasteiger partial charge in [0.05, 0.1) is 6.04 Å². The van der Waals surface area contributed by atoms with E-state index in [1.165, 1.54) is 57.8 Å².